The lowest BCUT2D eigenvalue weighted by atomic mass is 10.2. The predicted molar refractivity (Wildman–Crippen MR) is 83.3 cm³/mol. The van der Waals surface area contributed by atoms with Crippen LogP contribution in [0.15, 0.2) is 39.8 Å². The largest absolute Gasteiger partial charge is 0.382 e. The molecule has 0 atom stereocenters. The van der Waals surface area contributed by atoms with Crippen molar-refractivity contribution in [1.29, 1.82) is 0 Å². The quantitative estimate of drug-likeness (QED) is 0.861. The fraction of sp³-hybridized carbons (Fsp3) is 0.0833. The van der Waals surface area contributed by atoms with Gasteiger partial charge < -0.3 is 5.73 Å². The Bertz CT molecular complexity index is 765. The van der Waals surface area contributed by atoms with E-state index >= 15 is 0 Å². The molecule has 0 fully saturated rings. The van der Waals surface area contributed by atoms with Gasteiger partial charge >= 0.3 is 0 Å². The molecule has 0 aliphatic heterocycles. The highest BCUT2D eigenvalue weighted by molar-refractivity contribution is 9.10. The third kappa shape index (κ3) is 3.23. The van der Waals surface area contributed by atoms with Crippen molar-refractivity contribution in [1.82, 2.24) is 4.98 Å². The molecule has 0 amide bonds. The van der Waals surface area contributed by atoms with Gasteiger partial charge in [-0.05, 0) is 30.7 Å². The van der Waals surface area contributed by atoms with Gasteiger partial charge in [0.15, 0.2) is 0 Å². The summed E-state index contributed by atoms with van der Waals surface area (Å²) in [5, 5.41) is 0.0961. The molecule has 5 nitrogen and oxygen atoms in total. The topological polar surface area (TPSA) is 85.1 Å². The minimum absolute atomic E-state index is 0.0453. The monoisotopic (exact) mass is 375 g/mol. The number of hydrogen-bond acceptors (Lipinski definition) is 4. The van der Waals surface area contributed by atoms with Crippen LogP contribution in [-0.4, -0.2) is 13.4 Å². The summed E-state index contributed by atoms with van der Waals surface area (Å²) in [6.07, 6.45) is 1.16. The number of rotatable bonds is 3. The smallest absolute Gasteiger partial charge is 0.263 e. The minimum atomic E-state index is -3.77. The molecular weight excluding hydrogens is 366 g/mol. The number of aryl methyl sites for hydroxylation is 1. The Morgan fingerprint density at radius 3 is 2.70 bits per heavy atom. The van der Waals surface area contributed by atoms with Gasteiger partial charge in [-0.25, -0.2) is 13.4 Å². The molecule has 2 aromatic rings. The number of nitrogens with zero attached hydrogens (tertiary/aromatic N) is 1. The Morgan fingerprint density at radius 1 is 1.35 bits per heavy atom. The average molecular weight is 377 g/mol. The van der Waals surface area contributed by atoms with Crippen LogP contribution in [0, 0.1) is 6.92 Å². The van der Waals surface area contributed by atoms with E-state index in [1.54, 1.807) is 19.1 Å². The van der Waals surface area contributed by atoms with E-state index in [9.17, 15) is 8.42 Å². The molecule has 0 saturated carbocycles. The number of aromatic nitrogens is 1. The maximum absolute atomic E-state index is 12.3. The number of halogens is 2. The molecule has 8 heteroatoms. The molecule has 1 aromatic heterocycles. The van der Waals surface area contributed by atoms with Crippen molar-refractivity contribution in [2.75, 3.05) is 10.5 Å². The Hall–Kier alpha value is -1.31. The molecule has 0 radical (unpaired) electrons. The lowest BCUT2D eigenvalue weighted by Gasteiger charge is -2.11. The average Bonchev–Trinajstić information content (AvgIpc) is 2.36. The van der Waals surface area contributed by atoms with Crippen molar-refractivity contribution in [3.05, 3.63) is 45.5 Å². The van der Waals surface area contributed by atoms with E-state index in [-0.39, 0.29) is 15.7 Å². The number of hydrogen-bond donors (Lipinski definition) is 2. The van der Waals surface area contributed by atoms with Gasteiger partial charge in [-0.2, -0.15) is 0 Å². The Balaban J connectivity index is 2.40. The lowest BCUT2D eigenvalue weighted by molar-refractivity contribution is 0.601. The molecule has 20 heavy (non-hydrogen) atoms. The molecule has 0 saturated heterocycles. The van der Waals surface area contributed by atoms with Crippen molar-refractivity contribution < 1.29 is 8.42 Å². The number of nitrogens with two attached hydrogens (primary N) is 1. The second-order valence-electron chi connectivity index (χ2n) is 4.10. The van der Waals surface area contributed by atoms with Crippen LogP contribution in [0.4, 0.5) is 11.5 Å². The second kappa shape index (κ2) is 5.59. The third-order valence-corrected chi connectivity index (χ3v) is 4.73. The number of benzene rings is 1. The summed E-state index contributed by atoms with van der Waals surface area (Å²) >= 11 is 9.09. The van der Waals surface area contributed by atoms with Crippen LogP contribution in [0.2, 0.25) is 5.02 Å². The summed E-state index contributed by atoms with van der Waals surface area (Å²) in [6.45, 7) is 1.80. The lowest BCUT2D eigenvalue weighted by Crippen LogP contribution is -2.14. The van der Waals surface area contributed by atoms with Crippen molar-refractivity contribution >= 4 is 49.1 Å². The molecule has 106 valence electrons. The molecule has 3 N–H and O–H groups in total. The van der Waals surface area contributed by atoms with Crippen LogP contribution in [0.5, 0.6) is 0 Å². The van der Waals surface area contributed by atoms with Crippen molar-refractivity contribution in [2.24, 2.45) is 0 Å². The van der Waals surface area contributed by atoms with Gasteiger partial charge in [0, 0.05) is 10.7 Å². The van der Waals surface area contributed by atoms with E-state index in [1.807, 2.05) is 6.07 Å². The highest BCUT2D eigenvalue weighted by Crippen LogP contribution is 2.25. The van der Waals surface area contributed by atoms with Crippen molar-refractivity contribution in [2.45, 2.75) is 11.8 Å². The molecule has 1 aromatic carbocycles. The highest BCUT2D eigenvalue weighted by atomic mass is 79.9. The van der Waals surface area contributed by atoms with Crippen molar-refractivity contribution in [3.63, 3.8) is 0 Å². The van der Waals surface area contributed by atoms with Gasteiger partial charge in [0.25, 0.3) is 10.0 Å². The summed E-state index contributed by atoms with van der Waals surface area (Å²) in [6, 6.07) is 6.57. The summed E-state index contributed by atoms with van der Waals surface area (Å²) in [5.41, 5.74) is 6.74. The summed E-state index contributed by atoms with van der Waals surface area (Å²) < 4.78 is 27.8. The van der Waals surface area contributed by atoms with Gasteiger partial charge in [0.05, 0.1) is 10.7 Å². The standard InChI is InChI=1S/C12H11BrClN3O2S/c1-7-2-3-8(13)4-11(7)17-20(18,19)9-5-10(14)12(15)16-6-9/h2-6,17H,1H3,(H2,15,16). The number of pyridine rings is 1. The fourth-order valence-electron chi connectivity index (χ4n) is 1.49. The maximum Gasteiger partial charge on any atom is 0.263 e. The van der Waals surface area contributed by atoms with E-state index < -0.39 is 10.0 Å². The van der Waals surface area contributed by atoms with Gasteiger partial charge in [-0.1, -0.05) is 33.6 Å². The van der Waals surface area contributed by atoms with Crippen molar-refractivity contribution in [3.8, 4) is 0 Å². The number of nitrogen functional groups attached to an aromatic ring is 1. The number of sulfonamides is 1. The van der Waals surface area contributed by atoms with Crippen LogP contribution in [0.1, 0.15) is 5.56 Å². The van der Waals surface area contributed by atoms with Crippen LogP contribution >= 0.6 is 27.5 Å². The summed E-state index contributed by atoms with van der Waals surface area (Å²) in [5.74, 6) is 0.0873. The van der Waals surface area contributed by atoms with Crippen LogP contribution in [0.25, 0.3) is 0 Å². The summed E-state index contributed by atoms with van der Waals surface area (Å²) in [4.78, 5) is 3.70. The van der Waals surface area contributed by atoms with Crippen LogP contribution in [-0.2, 0) is 10.0 Å². The third-order valence-electron chi connectivity index (χ3n) is 2.60. The molecule has 0 aliphatic rings. The highest BCUT2D eigenvalue weighted by Gasteiger charge is 2.17. The normalized spacial score (nSPS) is 11.3. The molecule has 0 bridgehead atoms. The Labute approximate surface area is 130 Å². The molecule has 0 unspecified atom stereocenters. The first-order valence-electron chi connectivity index (χ1n) is 5.49. The molecular formula is C12H11BrClN3O2S. The van der Waals surface area contributed by atoms with E-state index in [1.165, 1.54) is 6.07 Å². The Morgan fingerprint density at radius 2 is 2.05 bits per heavy atom. The predicted octanol–water partition coefficient (Wildman–Crippen LogP) is 3.19. The van der Waals surface area contributed by atoms with E-state index in [0.717, 1.165) is 16.2 Å². The summed E-state index contributed by atoms with van der Waals surface area (Å²) in [7, 11) is -3.77. The first-order chi connectivity index (χ1) is 9.29. The van der Waals surface area contributed by atoms with E-state index in [4.69, 9.17) is 17.3 Å². The number of anilines is 2. The first-order valence-corrected chi connectivity index (χ1v) is 8.15. The maximum atomic E-state index is 12.3. The zero-order chi connectivity index (χ0) is 14.9. The molecule has 1 heterocycles. The SMILES string of the molecule is Cc1ccc(Br)cc1NS(=O)(=O)c1cnc(N)c(Cl)c1. The van der Waals surface area contributed by atoms with Gasteiger partial charge in [-0.15, -0.1) is 0 Å². The van der Waals surface area contributed by atoms with Crippen LogP contribution < -0.4 is 10.5 Å². The van der Waals surface area contributed by atoms with Gasteiger partial charge in [-0.3, -0.25) is 4.72 Å². The molecule has 2 rings (SSSR count). The zero-order valence-corrected chi connectivity index (χ0v) is 13.6. The van der Waals surface area contributed by atoms with E-state index in [0.29, 0.717) is 5.69 Å². The fourth-order valence-corrected chi connectivity index (χ4v) is 3.17. The van der Waals surface area contributed by atoms with Gasteiger partial charge in [0.1, 0.15) is 10.7 Å². The van der Waals surface area contributed by atoms with Crippen LogP contribution in [0.3, 0.4) is 0 Å². The Kier molecular flexibility index (Phi) is 4.22. The zero-order valence-electron chi connectivity index (χ0n) is 10.4. The molecule has 0 spiro atoms. The van der Waals surface area contributed by atoms with Gasteiger partial charge in [0.2, 0.25) is 0 Å². The minimum Gasteiger partial charge on any atom is -0.382 e. The number of nitrogens with one attached hydrogen (secondary N) is 1. The first kappa shape index (κ1) is 15.1. The second-order valence-corrected chi connectivity index (χ2v) is 7.11. The van der Waals surface area contributed by atoms with E-state index in [2.05, 4.69) is 25.6 Å². The molecule has 0 aliphatic carbocycles.